The highest BCUT2D eigenvalue weighted by molar-refractivity contribution is 7.80. The molecule has 1 saturated carbocycles. The number of hydrogen-bond donors (Lipinski definition) is 0. The minimum atomic E-state index is -5.42. The lowest BCUT2D eigenvalue weighted by atomic mass is 9.81. The predicted octanol–water partition coefficient (Wildman–Crippen LogP) is 3.81. The normalized spacial score (nSPS) is 20.9. The molecule has 0 spiro atoms. The molecule has 2 aliphatic carbocycles. The number of benzene rings is 2. The van der Waals surface area contributed by atoms with Crippen molar-refractivity contribution in [3.05, 3.63) is 59.2 Å². The minimum absolute atomic E-state index is 0.624. The van der Waals surface area contributed by atoms with Gasteiger partial charge in [-0.1, -0.05) is 42.0 Å². The Morgan fingerprint density at radius 3 is 2.62 bits per heavy atom. The molecule has 1 atom stereocenters. The van der Waals surface area contributed by atoms with Gasteiger partial charge in [0.25, 0.3) is 17.6 Å². The van der Waals surface area contributed by atoms with Crippen LogP contribution in [0.5, 0.6) is 0 Å². The van der Waals surface area contributed by atoms with E-state index in [0.717, 1.165) is 5.78 Å². The standard InChI is InChI=1S/C18H17O.FHO3S/c1-19-17-11-13-6-4-8-14(13)16-10-9-12-5-2-3-7-15(12)18(16)17;1-5(2,3)4/h2-3,5,7,9-11,14H,4,6,8H2,1H3;(H,2,3,4)/q+1;/p-1. The summed E-state index contributed by atoms with van der Waals surface area (Å²) in [4.78, 5) is 0. The molecule has 126 valence electrons. The molecule has 0 heterocycles. The lowest BCUT2D eigenvalue weighted by molar-refractivity contribution is -0.222. The molecule has 2 aromatic rings. The van der Waals surface area contributed by atoms with Crippen molar-refractivity contribution in [2.24, 2.45) is 0 Å². The van der Waals surface area contributed by atoms with Crippen molar-refractivity contribution in [2.75, 3.05) is 7.11 Å². The number of fused-ring (bicyclic) bond motifs is 5. The van der Waals surface area contributed by atoms with Gasteiger partial charge >= 0.3 is 5.78 Å². The Kier molecular flexibility index (Phi) is 4.51. The van der Waals surface area contributed by atoms with E-state index in [1.54, 1.807) is 12.7 Å². The third kappa shape index (κ3) is 3.39. The van der Waals surface area contributed by atoms with Crippen LogP contribution in [0.15, 0.2) is 48.0 Å². The van der Waals surface area contributed by atoms with Crippen LogP contribution in [0, 0.1) is 0 Å². The SMILES string of the molecule is C[O+]=C1C=C2CCCC2c2ccc3ccccc3c21.O=S(=O)([O-])F. The first-order valence-corrected chi connectivity index (χ1v) is 8.98. The van der Waals surface area contributed by atoms with Gasteiger partial charge in [0.15, 0.2) is 0 Å². The van der Waals surface area contributed by atoms with Gasteiger partial charge in [0, 0.05) is 12.0 Å². The predicted molar refractivity (Wildman–Crippen MR) is 89.7 cm³/mol. The first kappa shape index (κ1) is 16.8. The molecule has 4 rings (SSSR count). The average molecular weight is 348 g/mol. The van der Waals surface area contributed by atoms with Crippen LogP contribution in [-0.4, -0.2) is 25.9 Å². The summed E-state index contributed by atoms with van der Waals surface area (Å²) in [6, 6.07) is 13.2. The van der Waals surface area contributed by atoms with Crippen molar-refractivity contribution < 1.29 is 21.3 Å². The fraction of sp³-hybridized carbons (Fsp3) is 0.278. The molecule has 2 aliphatic rings. The van der Waals surface area contributed by atoms with E-state index in [0.29, 0.717) is 5.92 Å². The Morgan fingerprint density at radius 2 is 1.92 bits per heavy atom. The highest BCUT2D eigenvalue weighted by Crippen LogP contribution is 2.45. The van der Waals surface area contributed by atoms with Crippen LogP contribution in [0.3, 0.4) is 0 Å². The third-order valence-electron chi connectivity index (χ3n) is 4.53. The number of halogens is 1. The number of hydrogen-bond acceptors (Lipinski definition) is 3. The monoisotopic (exact) mass is 348 g/mol. The summed E-state index contributed by atoms with van der Waals surface area (Å²) in [5.41, 5.74) is 4.33. The summed E-state index contributed by atoms with van der Waals surface area (Å²) >= 11 is 0. The summed E-state index contributed by atoms with van der Waals surface area (Å²) in [5, 5.41) is 2.62. The zero-order chi connectivity index (χ0) is 17.3. The van der Waals surface area contributed by atoms with Crippen LogP contribution in [0.2, 0.25) is 0 Å². The Morgan fingerprint density at radius 1 is 1.21 bits per heavy atom. The van der Waals surface area contributed by atoms with Crippen LogP contribution < -0.4 is 0 Å². The summed E-state index contributed by atoms with van der Waals surface area (Å²) in [6.07, 6.45) is 6.10. The van der Waals surface area contributed by atoms with Gasteiger partial charge in [0.2, 0.25) is 0 Å². The molecular weight excluding hydrogens is 331 g/mol. The second-order valence-corrected chi connectivity index (χ2v) is 6.66. The van der Waals surface area contributed by atoms with Crippen LogP contribution in [0.25, 0.3) is 10.8 Å². The smallest absolute Gasteiger partial charge is 0.351 e. The van der Waals surface area contributed by atoms with E-state index in [-0.39, 0.29) is 0 Å². The highest BCUT2D eigenvalue weighted by atomic mass is 32.3. The van der Waals surface area contributed by atoms with E-state index < -0.39 is 10.5 Å². The van der Waals surface area contributed by atoms with E-state index in [9.17, 15) is 3.89 Å². The Bertz CT molecular complexity index is 937. The Labute approximate surface area is 140 Å². The van der Waals surface area contributed by atoms with Gasteiger partial charge in [0.1, 0.15) is 0 Å². The Hall–Kier alpha value is -2.05. The fourth-order valence-corrected chi connectivity index (χ4v) is 3.65. The molecular formula is C18H17FO4S. The average Bonchev–Trinajstić information content (AvgIpc) is 3.00. The quantitative estimate of drug-likeness (QED) is 0.413. The Balaban J connectivity index is 0.000000300. The maximum absolute atomic E-state index is 10.1. The van der Waals surface area contributed by atoms with Crippen LogP contribution >= 0.6 is 0 Å². The molecule has 1 fully saturated rings. The molecule has 0 radical (unpaired) electrons. The van der Waals surface area contributed by atoms with Gasteiger partial charge in [-0.15, -0.1) is 3.89 Å². The van der Waals surface area contributed by atoms with Gasteiger partial charge < -0.3 is 4.55 Å². The van der Waals surface area contributed by atoms with Crippen molar-refractivity contribution >= 4 is 27.1 Å². The van der Waals surface area contributed by atoms with Crippen molar-refractivity contribution in [1.29, 1.82) is 0 Å². The minimum Gasteiger partial charge on any atom is -0.722 e. The lowest BCUT2D eigenvalue weighted by Crippen LogP contribution is -2.13. The van der Waals surface area contributed by atoms with E-state index in [1.807, 2.05) is 0 Å². The summed E-state index contributed by atoms with van der Waals surface area (Å²) < 4.78 is 41.0. The number of rotatable bonds is 0. The van der Waals surface area contributed by atoms with Gasteiger partial charge in [-0.3, -0.25) is 4.42 Å². The van der Waals surface area contributed by atoms with E-state index in [4.69, 9.17) is 17.4 Å². The maximum Gasteiger partial charge on any atom is 0.351 e. The number of allylic oxidation sites excluding steroid dienone is 2. The van der Waals surface area contributed by atoms with Crippen molar-refractivity contribution in [3.8, 4) is 0 Å². The zero-order valence-corrected chi connectivity index (χ0v) is 14.0. The van der Waals surface area contributed by atoms with Gasteiger partial charge in [-0.05, 0) is 35.6 Å². The fourth-order valence-electron chi connectivity index (χ4n) is 3.65. The van der Waals surface area contributed by atoms with Crippen LogP contribution in [0.4, 0.5) is 3.89 Å². The molecule has 6 heteroatoms. The van der Waals surface area contributed by atoms with Crippen LogP contribution in [-0.2, 0) is 10.5 Å². The molecule has 0 amide bonds. The molecule has 0 N–H and O–H groups in total. The molecule has 4 nitrogen and oxygen atoms in total. The first-order valence-electron chi connectivity index (χ1n) is 7.67. The van der Waals surface area contributed by atoms with Gasteiger partial charge in [-0.2, -0.15) is 0 Å². The van der Waals surface area contributed by atoms with Crippen molar-refractivity contribution in [2.45, 2.75) is 25.2 Å². The van der Waals surface area contributed by atoms with Gasteiger partial charge in [-0.25, -0.2) is 8.42 Å². The van der Waals surface area contributed by atoms with Crippen LogP contribution in [0.1, 0.15) is 40.7 Å². The molecule has 24 heavy (non-hydrogen) atoms. The highest BCUT2D eigenvalue weighted by Gasteiger charge is 2.34. The molecule has 2 aromatic carbocycles. The first-order chi connectivity index (χ1) is 11.4. The van der Waals surface area contributed by atoms with Crippen molar-refractivity contribution in [3.63, 3.8) is 0 Å². The lowest BCUT2D eigenvalue weighted by Gasteiger charge is -2.20. The second kappa shape index (κ2) is 6.45. The second-order valence-electron chi connectivity index (χ2n) is 5.88. The summed E-state index contributed by atoms with van der Waals surface area (Å²) in [5.74, 6) is 1.67. The zero-order valence-electron chi connectivity index (χ0n) is 13.2. The number of carbonyl (C=O) groups excluding carboxylic acids is 1. The summed E-state index contributed by atoms with van der Waals surface area (Å²) in [7, 11) is -3.63. The largest absolute Gasteiger partial charge is 0.722 e. The number of ketones is 1. The molecule has 0 saturated heterocycles. The van der Waals surface area contributed by atoms with E-state index >= 15 is 0 Å². The third-order valence-corrected chi connectivity index (χ3v) is 4.53. The van der Waals surface area contributed by atoms with Gasteiger partial charge in [0.05, 0.1) is 5.56 Å². The topological polar surface area (TPSA) is 68.5 Å². The molecule has 0 aliphatic heterocycles. The molecule has 0 aromatic heterocycles. The van der Waals surface area contributed by atoms with E-state index in [2.05, 4.69) is 42.5 Å². The summed E-state index contributed by atoms with van der Waals surface area (Å²) in [6.45, 7) is 0. The van der Waals surface area contributed by atoms with Crippen molar-refractivity contribution in [1.82, 2.24) is 0 Å². The maximum atomic E-state index is 10.1. The van der Waals surface area contributed by atoms with E-state index in [1.165, 1.54) is 41.2 Å². The molecule has 0 bridgehead atoms. The molecule has 1 unspecified atom stereocenters.